The maximum Gasteiger partial charge on any atom is 0.248 e. The van der Waals surface area contributed by atoms with Crippen LogP contribution in [0.3, 0.4) is 0 Å². The maximum absolute atomic E-state index is 11.9. The molecule has 0 aliphatic heterocycles. The first-order chi connectivity index (χ1) is 10.7. The minimum atomic E-state index is -0.278. The van der Waals surface area contributed by atoms with Crippen molar-refractivity contribution >= 4 is 29.3 Å². The van der Waals surface area contributed by atoms with Gasteiger partial charge in [-0.15, -0.1) is 0 Å². The molecule has 0 atom stereocenters. The highest BCUT2D eigenvalue weighted by molar-refractivity contribution is 6.32. The van der Waals surface area contributed by atoms with Gasteiger partial charge in [0.1, 0.15) is 5.75 Å². The first-order valence-electron chi connectivity index (χ1n) is 7.02. The van der Waals surface area contributed by atoms with Crippen LogP contribution in [-0.2, 0) is 4.79 Å². The predicted octanol–water partition coefficient (Wildman–Crippen LogP) is 4.18. The number of ether oxygens (including phenoxy) is 1. The van der Waals surface area contributed by atoms with Crippen LogP contribution in [0.2, 0.25) is 5.15 Å². The first kappa shape index (κ1) is 16.0. The Bertz CT molecular complexity index is 671. The van der Waals surface area contributed by atoms with E-state index in [0.717, 1.165) is 17.7 Å². The lowest BCUT2D eigenvalue weighted by Gasteiger charge is -2.07. The number of anilines is 1. The number of nitrogens with zero attached hydrogens (tertiary/aromatic N) is 1. The molecule has 0 saturated heterocycles. The van der Waals surface area contributed by atoms with Crippen LogP contribution < -0.4 is 10.1 Å². The van der Waals surface area contributed by atoms with Gasteiger partial charge in [-0.3, -0.25) is 4.79 Å². The van der Waals surface area contributed by atoms with Crippen LogP contribution in [0.25, 0.3) is 6.08 Å². The van der Waals surface area contributed by atoms with Crippen molar-refractivity contribution < 1.29 is 9.53 Å². The van der Waals surface area contributed by atoms with Crippen molar-refractivity contribution in [3.8, 4) is 5.75 Å². The lowest BCUT2D eigenvalue weighted by molar-refractivity contribution is -0.111. The summed E-state index contributed by atoms with van der Waals surface area (Å²) in [6, 6.07) is 11.0. The summed E-state index contributed by atoms with van der Waals surface area (Å²) in [5.41, 5.74) is 1.33. The van der Waals surface area contributed by atoms with E-state index in [1.165, 1.54) is 6.08 Å². The summed E-state index contributed by atoms with van der Waals surface area (Å²) in [4.78, 5) is 15.8. The molecule has 114 valence electrons. The van der Waals surface area contributed by atoms with Gasteiger partial charge in [-0.25, -0.2) is 4.98 Å². The van der Waals surface area contributed by atoms with Crippen LogP contribution >= 0.6 is 11.6 Å². The SMILES string of the molecule is CCCOc1ccccc1/C=C/C(=O)Nc1cccnc1Cl. The predicted molar refractivity (Wildman–Crippen MR) is 89.1 cm³/mol. The van der Waals surface area contributed by atoms with Crippen molar-refractivity contribution in [2.24, 2.45) is 0 Å². The van der Waals surface area contributed by atoms with Gasteiger partial charge in [-0.2, -0.15) is 0 Å². The fraction of sp³-hybridized carbons (Fsp3) is 0.176. The number of pyridine rings is 1. The molecule has 0 saturated carbocycles. The number of rotatable bonds is 6. The summed E-state index contributed by atoms with van der Waals surface area (Å²) >= 11 is 5.90. The Kier molecular flexibility index (Phi) is 5.98. The van der Waals surface area contributed by atoms with Gasteiger partial charge in [-0.05, 0) is 30.7 Å². The van der Waals surface area contributed by atoms with Gasteiger partial charge in [-0.1, -0.05) is 36.7 Å². The molecule has 5 heteroatoms. The van der Waals surface area contributed by atoms with Crippen LogP contribution in [-0.4, -0.2) is 17.5 Å². The standard InChI is InChI=1S/C17H17ClN2O2/c1-2-12-22-15-8-4-3-6-13(15)9-10-16(21)20-14-7-5-11-19-17(14)18/h3-11H,2,12H2,1H3,(H,20,21)/b10-9+. The molecule has 1 heterocycles. The zero-order valence-corrected chi connectivity index (χ0v) is 13.0. The molecule has 0 spiro atoms. The number of aromatic nitrogens is 1. The number of carbonyl (C=O) groups excluding carboxylic acids is 1. The van der Waals surface area contributed by atoms with Crippen molar-refractivity contribution in [3.63, 3.8) is 0 Å². The van der Waals surface area contributed by atoms with E-state index in [9.17, 15) is 4.79 Å². The van der Waals surface area contributed by atoms with Crippen LogP contribution in [0.5, 0.6) is 5.75 Å². The van der Waals surface area contributed by atoms with E-state index in [2.05, 4.69) is 10.3 Å². The van der Waals surface area contributed by atoms with E-state index < -0.39 is 0 Å². The molecule has 0 unspecified atom stereocenters. The van der Waals surface area contributed by atoms with Gasteiger partial charge >= 0.3 is 0 Å². The number of carbonyl (C=O) groups is 1. The average molecular weight is 317 g/mol. The van der Waals surface area contributed by atoms with Gasteiger partial charge in [0.05, 0.1) is 12.3 Å². The molecular formula is C17H17ClN2O2. The normalized spacial score (nSPS) is 10.6. The molecule has 0 aliphatic carbocycles. The molecule has 0 radical (unpaired) electrons. The number of hydrogen-bond donors (Lipinski definition) is 1. The summed E-state index contributed by atoms with van der Waals surface area (Å²) in [5, 5.41) is 2.94. The van der Waals surface area contributed by atoms with Gasteiger partial charge in [0.15, 0.2) is 5.15 Å². The molecule has 0 fully saturated rings. The second-order valence-corrected chi connectivity index (χ2v) is 4.91. The average Bonchev–Trinajstić information content (AvgIpc) is 2.54. The number of amides is 1. The number of benzene rings is 1. The molecule has 1 amide bonds. The largest absolute Gasteiger partial charge is 0.493 e. The summed E-state index contributed by atoms with van der Waals surface area (Å²) < 4.78 is 5.64. The third-order valence-electron chi connectivity index (χ3n) is 2.81. The Morgan fingerprint density at radius 1 is 1.32 bits per heavy atom. The maximum atomic E-state index is 11.9. The highest BCUT2D eigenvalue weighted by Crippen LogP contribution is 2.20. The molecule has 1 aromatic heterocycles. The van der Waals surface area contributed by atoms with Crippen molar-refractivity contribution in [2.45, 2.75) is 13.3 Å². The van der Waals surface area contributed by atoms with Crippen molar-refractivity contribution in [3.05, 3.63) is 59.4 Å². The highest BCUT2D eigenvalue weighted by atomic mass is 35.5. The van der Waals surface area contributed by atoms with Crippen molar-refractivity contribution in [1.82, 2.24) is 4.98 Å². The molecule has 0 aliphatic rings. The van der Waals surface area contributed by atoms with Gasteiger partial charge in [0.25, 0.3) is 0 Å². The highest BCUT2D eigenvalue weighted by Gasteiger charge is 2.04. The summed E-state index contributed by atoms with van der Waals surface area (Å²) in [6.07, 6.45) is 5.65. The molecule has 2 rings (SSSR count). The molecule has 4 nitrogen and oxygen atoms in total. The number of para-hydroxylation sites is 1. The number of halogens is 1. The Hall–Kier alpha value is -2.33. The summed E-state index contributed by atoms with van der Waals surface area (Å²) in [5.74, 6) is 0.480. The molecule has 22 heavy (non-hydrogen) atoms. The monoisotopic (exact) mass is 316 g/mol. The third kappa shape index (κ3) is 4.60. The smallest absolute Gasteiger partial charge is 0.248 e. The fourth-order valence-electron chi connectivity index (χ4n) is 1.78. The zero-order chi connectivity index (χ0) is 15.8. The van der Waals surface area contributed by atoms with Gasteiger partial charge < -0.3 is 10.1 Å². The molecule has 1 aromatic carbocycles. The summed E-state index contributed by atoms with van der Waals surface area (Å²) in [7, 11) is 0. The Morgan fingerprint density at radius 2 is 2.14 bits per heavy atom. The van der Waals surface area contributed by atoms with Gasteiger partial charge in [0.2, 0.25) is 5.91 Å². The van der Waals surface area contributed by atoms with Crippen molar-refractivity contribution in [1.29, 1.82) is 0 Å². The van der Waals surface area contributed by atoms with E-state index in [1.807, 2.05) is 31.2 Å². The van der Waals surface area contributed by atoms with Crippen molar-refractivity contribution in [2.75, 3.05) is 11.9 Å². The zero-order valence-electron chi connectivity index (χ0n) is 12.3. The van der Waals surface area contributed by atoms with Crippen LogP contribution in [0.1, 0.15) is 18.9 Å². The lowest BCUT2D eigenvalue weighted by atomic mass is 10.2. The van der Waals surface area contributed by atoms with Crippen LogP contribution in [0.4, 0.5) is 5.69 Å². The molecule has 1 N–H and O–H groups in total. The Morgan fingerprint density at radius 3 is 2.91 bits per heavy atom. The number of hydrogen-bond acceptors (Lipinski definition) is 3. The Balaban J connectivity index is 2.05. The summed E-state index contributed by atoms with van der Waals surface area (Å²) in [6.45, 7) is 2.69. The van der Waals surface area contributed by atoms with E-state index in [0.29, 0.717) is 12.3 Å². The van der Waals surface area contributed by atoms with Gasteiger partial charge in [0, 0.05) is 17.8 Å². The van der Waals surface area contributed by atoms with E-state index >= 15 is 0 Å². The Labute approximate surface area is 134 Å². The third-order valence-corrected chi connectivity index (χ3v) is 3.11. The minimum Gasteiger partial charge on any atom is -0.493 e. The topological polar surface area (TPSA) is 51.2 Å². The molecule has 0 bridgehead atoms. The molecular weight excluding hydrogens is 300 g/mol. The quantitative estimate of drug-likeness (QED) is 0.642. The second-order valence-electron chi connectivity index (χ2n) is 4.55. The van der Waals surface area contributed by atoms with E-state index in [1.54, 1.807) is 24.4 Å². The van der Waals surface area contributed by atoms with Crippen LogP contribution in [0.15, 0.2) is 48.7 Å². The molecule has 2 aromatic rings. The fourth-order valence-corrected chi connectivity index (χ4v) is 1.95. The lowest BCUT2D eigenvalue weighted by Crippen LogP contribution is -2.08. The minimum absolute atomic E-state index is 0.260. The first-order valence-corrected chi connectivity index (χ1v) is 7.40. The number of nitrogens with one attached hydrogen (secondary N) is 1. The van der Waals surface area contributed by atoms with Crippen LogP contribution in [0, 0.1) is 0 Å². The van der Waals surface area contributed by atoms with E-state index in [4.69, 9.17) is 16.3 Å². The van der Waals surface area contributed by atoms with E-state index in [-0.39, 0.29) is 11.1 Å². The second kappa shape index (κ2) is 8.20.